The molecule has 82 valence electrons. The second-order valence-corrected chi connectivity index (χ2v) is 5.39. The molecule has 0 bridgehead atoms. The van der Waals surface area contributed by atoms with E-state index in [-0.39, 0.29) is 11.3 Å². The quantitative estimate of drug-likeness (QED) is 0.825. The molecule has 0 saturated heterocycles. The van der Waals surface area contributed by atoms with Gasteiger partial charge in [-0.2, -0.15) is 0 Å². The van der Waals surface area contributed by atoms with Crippen molar-refractivity contribution in [2.24, 2.45) is 0 Å². The van der Waals surface area contributed by atoms with Crippen LogP contribution in [0.2, 0.25) is 0 Å². The van der Waals surface area contributed by atoms with E-state index in [4.69, 9.17) is 9.89 Å². The monoisotopic (exact) mass is 227 g/mol. The smallest absolute Gasteiger partial charge is 0.320 e. The minimum atomic E-state index is -3.25. The number of rotatable bonds is 4. The summed E-state index contributed by atoms with van der Waals surface area (Å²) in [5, 5.41) is 7.73. The van der Waals surface area contributed by atoms with Crippen molar-refractivity contribution in [1.29, 1.82) is 4.78 Å². The van der Waals surface area contributed by atoms with Crippen LogP contribution in [0.1, 0.15) is 13.3 Å². The third kappa shape index (κ3) is 2.36. The lowest BCUT2D eigenvalue weighted by Crippen LogP contribution is -2.28. The van der Waals surface area contributed by atoms with Gasteiger partial charge in [-0.15, -0.1) is 0 Å². The Hall–Kier alpha value is -1.36. The van der Waals surface area contributed by atoms with Gasteiger partial charge in [0.15, 0.2) is 0 Å². The first-order valence-electron chi connectivity index (χ1n) is 4.55. The standard InChI is InChI=1S/C10H13NO3S/c1-2-9(10(12)13)15(11,14)8-6-4-3-5-7-8/h3-7,9,11H,2H2,1H3,(H,12,13). The zero-order valence-electron chi connectivity index (χ0n) is 8.34. The van der Waals surface area contributed by atoms with Crippen molar-refractivity contribution in [2.45, 2.75) is 23.5 Å². The second-order valence-electron chi connectivity index (χ2n) is 3.15. The minimum Gasteiger partial charge on any atom is -0.480 e. The van der Waals surface area contributed by atoms with Gasteiger partial charge < -0.3 is 5.11 Å². The summed E-state index contributed by atoms with van der Waals surface area (Å²) in [6.07, 6.45) is 0.187. The van der Waals surface area contributed by atoms with Crippen LogP contribution in [0, 0.1) is 4.78 Å². The van der Waals surface area contributed by atoms with Gasteiger partial charge in [-0.05, 0) is 18.6 Å². The number of hydrogen-bond donors (Lipinski definition) is 2. The maximum absolute atomic E-state index is 12.0. The Morgan fingerprint density at radius 2 is 2.00 bits per heavy atom. The first-order chi connectivity index (χ1) is 7.00. The van der Waals surface area contributed by atoms with Gasteiger partial charge in [0.05, 0.1) is 9.73 Å². The third-order valence-corrected chi connectivity index (χ3v) is 4.45. The largest absolute Gasteiger partial charge is 0.480 e. The SMILES string of the molecule is CCC(C(=O)O)S(=N)(=O)c1ccccc1. The Bertz CT molecular complexity index is 439. The van der Waals surface area contributed by atoms with Crippen LogP contribution >= 0.6 is 0 Å². The predicted molar refractivity (Wildman–Crippen MR) is 57.3 cm³/mol. The number of hydrogen-bond acceptors (Lipinski definition) is 3. The molecule has 0 radical (unpaired) electrons. The summed E-state index contributed by atoms with van der Waals surface area (Å²) >= 11 is 0. The molecule has 0 aliphatic carbocycles. The maximum Gasteiger partial charge on any atom is 0.320 e. The Balaban J connectivity index is 3.19. The highest BCUT2D eigenvalue weighted by atomic mass is 32.2. The summed E-state index contributed by atoms with van der Waals surface area (Å²) in [5.74, 6) is -1.18. The van der Waals surface area contributed by atoms with Gasteiger partial charge in [-0.3, -0.25) is 4.79 Å². The molecule has 2 atom stereocenters. The third-order valence-electron chi connectivity index (χ3n) is 2.14. The van der Waals surface area contributed by atoms with Crippen LogP contribution in [0.25, 0.3) is 0 Å². The first-order valence-corrected chi connectivity index (χ1v) is 6.17. The van der Waals surface area contributed by atoms with Crippen LogP contribution in [0.15, 0.2) is 35.2 Å². The molecule has 0 amide bonds. The van der Waals surface area contributed by atoms with Crippen molar-refractivity contribution in [3.63, 3.8) is 0 Å². The lowest BCUT2D eigenvalue weighted by Gasteiger charge is -2.14. The van der Waals surface area contributed by atoms with E-state index in [2.05, 4.69) is 0 Å². The molecule has 0 aromatic heterocycles. The number of nitrogens with one attached hydrogen (secondary N) is 1. The Labute approximate surface area is 88.9 Å². The fourth-order valence-electron chi connectivity index (χ4n) is 1.34. The first kappa shape index (κ1) is 11.7. The molecular formula is C10H13NO3S. The summed E-state index contributed by atoms with van der Waals surface area (Å²) in [5.41, 5.74) is 0. The molecule has 0 heterocycles. The molecule has 1 aromatic rings. The summed E-state index contributed by atoms with van der Waals surface area (Å²) in [7, 11) is -3.25. The van der Waals surface area contributed by atoms with E-state index in [1.165, 1.54) is 12.1 Å². The molecule has 4 nitrogen and oxygen atoms in total. The molecule has 5 heteroatoms. The lowest BCUT2D eigenvalue weighted by atomic mass is 10.3. The van der Waals surface area contributed by atoms with Crippen LogP contribution in [0.4, 0.5) is 0 Å². The van der Waals surface area contributed by atoms with Crippen molar-refractivity contribution in [3.8, 4) is 0 Å². The van der Waals surface area contributed by atoms with Crippen molar-refractivity contribution >= 4 is 15.7 Å². The van der Waals surface area contributed by atoms with Crippen molar-refractivity contribution in [3.05, 3.63) is 30.3 Å². The van der Waals surface area contributed by atoms with E-state index in [0.717, 1.165) is 0 Å². The zero-order valence-corrected chi connectivity index (χ0v) is 9.16. The highest BCUT2D eigenvalue weighted by molar-refractivity contribution is 7.93. The van der Waals surface area contributed by atoms with E-state index in [1.54, 1.807) is 25.1 Å². The summed E-state index contributed by atoms with van der Waals surface area (Å²) < 4.78 is 19.7. The Morgan fingerprint density at radius 3 is 2.40 bits per heavy atom. The fourth-order valence-corrected chi connectivity index (χ4v) is 2.98. The van der Waals surface area contributed by atoms with Crippen molar-refractivity contribution in [2.75, 3.05) is 0 Å². The number of carboxylic acids is 1. The Morgan fingerprint density at radius 1 is 1.47 bits per heavy atom. The minimum absolute atomic E-state index is 0.187. The molecule has 0 spiro atoms. The van der Waals surface area contributed by atoms with Crippen molar-refractivity contribution in [1.82, 2.24) is 0 Å². The molecule has 1 rings (SSSR count). The van der Waals surface area contributed by atoms with Gasteiger partial charge in [0.1, 0.15) is 5.25 Å². The Kier molecular flexibility index (Phi) is 3.47. The van der Waals surface area contributed by atoms with Crippen LogP contribution in [-0.2, 0) is 14.5 Å². The number of benzene rings is 1. The average Bonchev–Trinajstić information content (AvgIpc) is 2.19. The van der Waals surface area contributed by atoms with E-state index in [9.17, 15) is 9.00 Å². The van der Waals surface area contributed by atoms with Crippen LogP contribution in [0.5, 0.6) is 0 Å². The van der Waals surface area contributed by atoms with Gasteiger partial charge in [-0.1, -0.05) is 25.1 Å². The molecular weight excluding hydrogens is 214 g/mol. The molecule has 2 unspecified atom stereocenters. The highest BCUT2D eigenvalue weighted by Crippen LogP contribution is 2.18. The topological polar surface area (TPSA) is 78.2 Å². The van der Waals surface area contributed by atoms with Gasteiger partial charge in [0.25, 0.3) is 0 Å². The van der Waals surface area contributed by atoms with Gasteiger partial charge in [0.2, 0.25) is 0 Å². The predicted octanol–water partition coefficient (Wildman–Crippen LogP) is 1.96. The van der Waals surface area contributed by atoms with Gasteiger partial charge >= 0.3 is 5.97 Å². The molecule has 2 N–H and O–H groups in total. The number of aliphatic carboxylic acids is 1. The summed E-state index contributed by atoms with van der Waals surface area (Å²) in [6.45, 7) is 1.62. The molecule has 0 aliphatic heterocycles. The van der Waals surface area contributed by atoms with Crippen LogP contribution in [-0.4, -0.2) is 20.5 Å². The summed E-state index contributed by atoms with van der Waals surface area (Å²) in [4.78, 5) is 11.1. The zero-order chi connectivity index (χ0) is 11.5. The van der Waals surface area contributed by atoms with Gasteiger partial charge in [-0.25, -0.2) is 8.99 Å². The van der Waals surface area contributed by atoms with Crippen LogP contribution < -0.4 is 0 Å². The maximum atomic E-state index is 12.0. The normalized spacial score (nSPS) is 16.6. The van der Waals surface area contributed by atoms with E-state index in [1.807, 2.05) is 0 Å². The molecule has 0 aliphatic rings. The number of carboxylic acid groups (broad SMARTS) is 1. The second kappa shape index (κ2) is 4.44. The highest BCUT2D eigenvalue weighted by Gasteiger charge is 2.28. The summed E-state index contributed by atoms with van der Waals surface area (Å²) in [6, 6.07) is 8.10. The average molecular weight is 227 g/mol. The molecule has 15 heavy (non-hydrogen) atoms. The van der Waals surface area contributed by atoms with Crippen LogP contribution in [0.3, 0.4) is 0 Å². The van der Waals surface area contributed by atoms with E-state index < -0.39 is 20.9 Å². The van der Waals surface area contributed by atoms with Crippen molar-refractivity contribution < 1.29 is 14.1 Å². The van der Waals surface area contributed by atoms with E-state index >= 15 is 0 Å². The lowest BCUT2D eigenvalue weighted by molar-refractivity contribution is -0.136. The number of carbonyl (C=O) groups is 1. The van der Waals surface area contributed by atoms with Gasteiger partial charge in [0, 0.05) is 4.90 Å². The molecule has 0 fully saturated rings. The molecule has 0 saturated carbocycles. The molecule has 1 aromatic carbocycles. The van der Waals surface area contributed by atoms with E-state index in [0.29, 0.717) is 0 Å². The fraction of sp³-hybridized carbons (Fsp3) is 0.300.